The van der Waals surface area contributed by atoms with Crippen molar-refractivity contribution in [2.24, 2.45) is 0 Å². The quantitative estimate of drug-likeness (QED) is 0.505. The second kappa shape index (κ2) is 5.78. The van der Waals surface area contributed by atoms with Crippen LogP contribution in [0.25, 0.3) is 0 Å². The molecule has 1 aromatic carbocycles. The number of halogens is 1. The van der Waals surface area contributed by atoms with E-state index in [1.165, 1.54) is 25.1 Å². The molecule has 1 heterocycles. The fourth-order valence-electron chi connectivity index (χ4n) is 1.78. The lowest BCUT2D eigenvalue weighted by atomic mass is 10.2. The van der Waals surface area contributed by atoms with Gasteiger partial charge in [-0.3, -0.25) is 14.8 Å². The highest BCUT2D eigenvalue weighted by molar-refractivity contribution is 9.10. The van der Waals surface area contributed by atoms with E-state index in [0.29, 0.717) is 4.60 Å². The molecule has 0 aliphatic rings. The SMILES string of the molecule is Cc1cccc([N+](=O)[O-])c1S(=O)(=O)Nc1cccc(Br)n1. The summed E-state index contributed by atoms with van der Waals surface area (Å²) in [6.07, 6.45) is 0. The number of aromatic nitrogens is 1. The zero-order valence-corrected chi connectivity index (χ0v) is 13.2. The van der Waals surface area contributed by atoms with Gasteiger partial charge in [0.05, 0.1) is 4.92 Å². The average Bonchev–Trinajstić information content (AvgIpc) is 2.37. The molecule has 21 heavy (non-hydrogen) atoms. The molecule has 0 saturated carbocycles. The van der Waals surface area contributed by atoms with Crippen LogP contribution < -0.4 is 4.72 Å². The molecule has 2 aromatic rings. The van der Waals surface area contributed by atoms with Crippen molar-refractivity contribution in [2.75, 3.05) is 4.72 Å². The number of sulfonamides is 1. The third-order valence-corrected chi connectivity index (χ3v) is 4.60. The van der Waals surface area contributed by atoms with E-state index in [9.17, 15) is 18.5 Å². The van der Waals surface area contributed by atoms with Gasteiger partial charge in [-0.15, -0.1) is 0 Å². The minimum atomic E-state index is -4.11. The van der Waals surface area contributed by atoms with Crippen molar-refractivity contribution in [3.63, 3.8) is 0 Å². The third-order valence-electron chi connectivity index (χ3n) is 2.61. The van der Waals surface area contributed by atoms with Gasteiger partial charge in [-0.1, -0.05) is 18.2 Å². The Morgan fingerprint density at radius 3 is 2.52 bits per heavy atom. The molecule has 0 spiro atoms. The number of aryl methyl sites for hydroxylation is 1. The van der Waals surface area contributed by atoms with Crippen LogP contribution in [0.2, 0.25) is 0 Å². The molecule has 0 amide bonds. The maximum Gasteiger partial charge on any atom is 0.290 e. The summed E-state index contributed by atoms with van der Waals surface area (Å²) in [6.45, 7) is 1.50. The smallest absolute Gasteiger partial charge is 0.263 e. The van der Waals surface area contributed by atoms with Crippen molar-refractivity contribution in [3.8, 4) is 0 Å². The van der Waals surface area contributed by atoms with E-state index in [0.717, 1.165) is 6.07 Å². The molecular weight excluding hydrogens is 362 g/mol. The van der Waals surface area contributed by atoms with Crippen LogP contribution in [0, 0.1) is 17.0 Å². The Hall–Kier alpha value is -2.00. The molecule has 0 unspecified atom stereocenters. The molecule has 0 aliphatic carbocycles. The van der Waals surface area contributed by atoms with E-state index >= 15 is 0 Å². The van der Waals surface area contributed by atoms with E-state index in [1.807, 2.05) is 0 Å². The molecule has 0 radical (unpaired) electrons. The maximum absolute atomic E-state index is 12.4. The third kappa shape index (κ3) is 3.37. The van der Waals surface area contributed by atoms with Crippen molar-refractivity contribution < 1.29 is 13.3 Å². The van der Waals surface area contributed by atoms with Crippen molar-refractivity contribution >= 4 is 37.5 Å². The summed E-state index contributed by atoms with van der Waals surface area (Å²) in [5.74, 6) is 0.0712. The Morgan fingerprint density at radius 2 is 1.90 bits per heavy atom. The van der Waals surface area contributed by atoms with Gasteiger partial charge in [-0.25, -0.2) is 13.4 Å². The number of nitro benzene ring substituents is 1. The highest BCUT2D eigenvalue weighted by Gasteiger charge is 2.28. The second-order valence-electron chi connectivity index (χ2n) is 4.13. The van der Waals surface area contributed by atoms with Gasteiger partial charge in [0.15, 0.2) is 4.90 Å². The number of hydrogen-bond donors (Lipinski definition) is 1. The van der Waals surface area contributed by atoms with E-state index in [2.05, 4.69) is 25.6 Å². The standard InChI is InChI=1S/C12H10BrN3O4S/c1-8-4-2-5-9(16(17)18)12(8)21(19,20)15-11-7-3-6-10(13)14-11/h2-7H,1H3,(H,14,15). The van der Waals surface area contributed by atoms with Gasteiger partial charge in [0.1, 0.15) is 10.4 Å². The monoisotopic (exact) mass is 371 g/mol. The normalized spacial score (nSPS) is 11.1. The van der Waals surface area contributed by atoms with E-state index in [-0.39, 0.29) is 16.3 Å². The summed E-state index contributed by atoms with van der Waals surface area (Å²) in [5, 5.41) is 11.0. The molecule has 1 aromatic heterocycles. The molecule has 0 saturated heterocycles. The Kier molecular flexibility index (Phi) is 4.24. The van der Waals surface area contributed by atoms with Crippen LogP contribution in [0.3, 0.4) is 0 Å². The van der Waals surface area contributed by atoms with Crippen LogP contribution in [0.4, 0.5) is 11.5 Å². The molecule has 0 bridgehead atoms. The summed E-state index contributed by atoms with van der Waals surface area (Å²) < 4.78 is 27.5. The lowest BCUT2D eigenvalue weighted by molar-refractivity contribution is -0.387. The second-order valence-corrected chi connectivity index (χ2v) is 6.56. The Balaban J connectivity index is 2.52. The van der Waals surface area contributed by atoms with Crippen LogP contribution >= 0.6 is 15.9 Å². The number of pyridine rings is 1. The topological polar surface area (TPSA) is 102 Å². The molecule has 7 nitrogen and oxygen atoms in total. The zero-order chi connectivity index (χ0) is 15.6. The summed E-state index contributed by atoms with van der Waals surface area (Å²) in [7, 11) is -4.11. The zero-order valence-electron chi connectivity index (χ0n) is 10.8. The first-order valence-corrected chi connectivity index (χ1v) is 7.98. The molecule has 0 fully saturated rings. The molecule has 0 aliphatic heterocycles. The van der Waals surface area contributed by atoms with Crippen molar-refractivity contribution in [1.29, 1.82) is 0 Å². The van der Waals surface area contributed by atoms with Gasteiger partial charge >= 0.3 is 0 Å². The van der Waals surface area contributed by atoms with Gasteiger partial charge in [0, 0.05) is 6.07 Å². The van der Waals surface area contributed by atoms with Crippen LogP contribution in [0.5, 0.6) is 0 Å². The lowest BCUT2D eigenvalue weighted by Gasteiger charge is -2.10. The minimum absolute atomic E-state index is 0.0712. The fraction of sp³-hybridized carbons (Fsp3) is 0.0833. The Bertz CT molecular complexity index is 808. The van der Waals surface area contributed by atoms with Gasteiger partial charge in [-0.2, -0.15) is 0 Å². The average molecular weight is 372 g/mol. The summed E-state index contributed by atoms with van der Waals surface area (Å²) in [6, 6.07) is 8.76. The van der Waals surface area contributed by atoms with E-state index in [4.69, 9.17) is 0 Å². The molecule has 110 valence electrons. The van der Waals surface area contributed by atoms with E-state index < -0.39 is 20.6 Å². The molecule has 2 rings (SSSR count). The van der Waals surface area contributed by atoms with Gasteiger partial charge in [-0.05, 0) is 40.5 Å². The number of nitrogens with one attached hydrogen (secondary N) is 1. The minimum Gasteiger partial charge on any atom is -0.263 e. The van der Waals surface area contributed by atoms with Gasteiger partial charge in [0.2, 0.25) is 0 Å². The van der Waals surface area contributed by atoms with Gasteiger partial charge < -0.3 is 0 Å². The predicted octanol–water partition coefficient (Wildman–Crippen LogP) is 2.86. The number of hydrogen-bond acceptors (Lipinski definition) is 5. The largest absolute Gasteiger partial charge is 0.290 e. The highest BCUT2D eigenvalue weighted by atomic mass is 79.9. The Morgan fingerprint density at radius 1 is 1.24 bits per heavy atom. The first-order valence-electron chi connectivity index (χ1n) is 5.70. The lowest BCUT2D eigenvalue weighted by Crippen LogP contribution is -2.16. The molecular formula is C12H10BrN3O4S. The van der Waals surface area contributed by atoms with Crippen LogP contribution in [0.1, 0.15) is 5.56 Å². The number of benzene rings is 1. The molecule has 1 N–H and O–H groups in total. The number of nitro groups is 1. The predicted molar refractivity (Wildman–Crippen MR) is 80.6 cm³/mol. The number of anilines is 1. The van der Waals surface area contributed by atoms with Crippen molar-refractivity contribution in [3.05, 3.63) is 56.7 Å². The van der Waals surface area contributed by atoms with Crippen LogP contribution in [-0.4, -0.2) is 18.3 Å². The van der Waals surface area contributed by atoms with Crippen LogP contribution in [0.15, 0.2) is 45.9 Å². The maximum atomic E-state index is 12.4. The fourth-order valence-corrected chi connectivity index (χ4v) is 3.53. The summed E-state index contributed by atoms with van der Waals surface area (Å²) >= 11 is 3.12. The van der Waals surface area contributed by atoms with Gasteiger partial charge in [0.25, 0.3) is 15.7 Å². The molecule has 0 atom stereocenters. The van der Waals surface area contributed by atoms with Crippen molar-refractivity contribution in [2.45, 2.75) is 11.8 Å². The number of rotatable bonds is 4. The first-order chi connectivity index (χ1) is 9.81. The van der Waals surface area contributed by atoms with Crippen molar-refractivity contribution in [1.82, 2.24) is 4.98 Å². The Labute approximate surface area is 129 Å². The highest BCUT2D eigenvalue weighted by Crippen LogP contribution is 2.28. The summed E-state index contributed by atoms with van der Waals surface area (Å²) in [5.41, 5.74) is -0.191. The first kappa shape index (κ1) is 15.4. The van der Waals surface area contributed by atoms with Crippen LogP contribution in [-0.2, 0) is 10.0 Å². The summed E-state index contributed by atoms with van der Waals surface area (Å²) in [4.78, 5) is 13.9. The van der Waals surface area contributed by atoms with E-state index in [1.54, 1.807) is 12.1 Å². The molecule has 9 heteroatoms. The number of nitrogens with zero attached hydrogens (tertiary/aromatic N) is 2.